The van der Waals surface area contributed by atoms with E-state index < -0.39 is 26.6 Å². The fraction of sp³-hybridized carbons (Fsp3) is 0.462. The molecule has 0 atom stereocenters. The summed E-state index contributed by atoms with van der Waals surface area (Å²) in [5.74, 6) is -1.44. The van der Waals surface area contributed by atoms with Gasteiger partial charge in [0.15, 0.2) is 0 Å². The molecule has 1 rings (SSSR count). The molecular weight excluding hydrogens is 283 g/mol. The molecule has 0 aromatic heterocycles. The van der Waals surface area contributed by atoms with E-state index in [2.05, 4.69) is 5.32 Å². The fourth-order valence-corrected chi connectivity index (χ4v) is 2.04. The summed E-state index contributed by atoms with van der Waals surface area (Å²) in [4.78, 5) is 11.2. The number of hydrogen-bond acceptors (Lipinski definition) is 3. The Bertz CT molecular complexity index is 612. The maximum atomic E-state index is 13.4. The maximum Gasteiger partial charge on any atom is 0.251 e. The van der Waals surface area contributed by atoms with Gasteiger partial charge in [0.05, 0.1) is 0 Å². The van der Waals surface area contributed by atoms with E-state index in [0.29, 0.717) is 6.54 Å². The first-order valence-electron chi connectivity index (χ1n) is 6.17. The van der Waals surface area contributed by atoms with Gasteiger partial charge in [0, 0.05) is 12.1 Å². The molecule has 20 heavy (non-hydrogen) atoms. The number of carbonyl (C=O) groups is 1. The predicted octanol–water partition coefficient (Wildman–Crippen LogP) is 1.64. The van der Waals surface area contributed by atoms with Crippen molar-refractivity contribution in [3.05, 3.63) is 29.6 Å². The predicted molar refractivity (Wildman–Crippen MR) is 74.2 cm³/mol. The summed E-state index contributed by atoms with van der Waals surface area (Å²) in [5.41, 5.74) is -0.0133. The SMILES string of the molecule is CCC(C)(C)CNC(=O)c1ccc(F)c(S(N)(=O)=O)c1. The van der Waals surface area contributed by atoms with Crippen LogP contribution in [0.15, 0.2) is 23.1 Å². The number of amides is 1. The lowest BCUT2D eigenvalue weighted by Crippen LogP contribution is -2.33. The Balaban J connectivity index is 2.96. The molecule has 0 radical (unpaired) electrons. The van der Waals surface area contributed by atoms with Gasteiger partial charge >= 0.3 is 0 Å². The van der Waals surface area contributed by atoms with Gasteiger partial charge in [0.2, 0.25) is 10.0 Å². The van der Waals surface area contributed by atoms with E-state index in [1.807, 2.05) is 20.8 Å². The lowest BCUT2D eigenvalue weighted by molar-refractivity contribution is 0.0935. The molecule has 0 aliphatic heterocycles. The summed E-state index contributed by atoms with van der Waals surface area (Å²) in [6.45, 7) is 6.43. The third kappa shape index (κ3) is 4.28. The first kappa shape index (κ1) is 16.6. The molecule has 0 spiro atoms. The average Bonchev–Trinajstić information content (AvgIpc) is 2.35. The van der Waals surface area contributed by atoms with Crippen LogP contribution in [-0.4, -0.2) is 20.9 Å². The second-order valence-corrected chi connectivity index (χ2v) is 6.92. The molecule has 0 aliphatic rings. The van der Waals surface area contributed by atoms with E-state index in [1.54, 1.807) is 0 Å². The Hall–Kier alpha value is -1.47. The minimum atomic E-state index is -4.19. The van der Waals surface area contributed by atoms with Crippen molar-refractivity contribution in [2.45, 2.75) is 32.1 Å². The number of benzene rings is 1. The summed E-state index contributed by atoms with van der Waals surface area (Å²) in [6, 6.07) is 3.08. The van der Waals surface area contributed by atoms with Crippen molar-refractivity contribution in [2.75, 3.05) is 6.54 Å². The van der Waals surface area contributed by atoms with Crippen LogP contribution >= 0.6 is 0 Å². The van der Waals surface area contributed by atoms with Gasteiger partial charge in [-0.1, -0.05) is 20.8 Å². The monoisotopic (exact) mass is 302 g/mol. The van der Waals surface area contributed by atoms with E-state index in [4.69, 9.17) is 5.14 Å². The molecule has 5 nitrogen and oxygen atoms in total. The molecule has 0 fully saturated rings. The van der Waals surface area contributed by atoms with Gasteiger partial charge in [-0.3, -0.25) is 4.79 Å². The lowest BCUT2D eigenvalue weighted by atomic mass is 9.90. The molecule has 0 saturated carbocycles. The second-order valence-electron chi connectivity index (χ2n) is 5.39. The van der Waals surface area contributed by atoms with Crippen LogP contribution in [0.25, 0.3) is 0 Å². The summed E-state index contributed by atoms with van der Waals surface area (Å²) in [5, 5.41) is 7.58. The van der Waals surface area contributed by atoms with Gasteiger partial charge in [0.25, 0.3) is 5.91 Å². The van der Waals surface area contributed by atoms with Gasteiger partial charge in [-0.2, -0.15) is 0 Å². The molecule has 7 heteroatoms. The highest BCUT2D eigenvalue weighted by Crippen LogP contribution is 2.19. The molecule has 0 bridgehead atoms. The van der Waals surface area contributed by atoms with Crippen LogP contribution in [0.4, 0.5) is 4.39 Å². The highest BCUT2D eigenvalue weighted by Gasteiger charge is 2.20. The highest BCUT2D eigenvalue weighted by atomic mass is 32.2. The Labute approximate surface area is 118 Å². The zero-order chi connectivity index (χ0) is 15.6. The first-order chi connectivity index (χ1) is 9.07. The van der Waals surface area contributed by atoms with E-state index >= 15 is 0 Å². The Morgan fingerprint density at radius 2 is 2.00 bits per heavy atom. The van der Waals surface area contributed by atoms with Crippen LogP contribution in [0.5, 0.6) is 0 Å². The highest BCUT2D eigenvalue weighted by molar-refractivity contribution is 7.89. The van der Waals surface area contributed by atoms with Crippen molar-refractivity contribution in [3.8, 4) is 0 Å². The molecule has 112 valence electrons. The number of halogens is 1. The van der Waals surface area contributed by atoms with Crippen molar-refractivity contribution in [2.24, 2.45) is 10.6 Å². The van der Waals surface area contributed by atoms with Crippen LogP contribution in [0.2, 0.25) is 0 Å². The normalized spacial score (nSPS) is 12.2. The number of nitrogens with one attached hydrogen (secondary N) is 1. The fourth-order valence-electron chi connectivity index (χ4n) is 1.41. The van der Waals surface area contributed by atoms with E-state index in [9.17, 15) is 17.6 Å². The summed E-state index contributed by atoms with van der Waals surface area (Å²) >= 11 is 0. The van der Waals surface area contributed by atoms with Crippen molar-refractivity contribution >= 4 is 15.9 Å². The zero-order valence-electron chi connectivity index (χ0n) is 11.7. The van der Waals surface area contributed by atoms with Crippen LogP contribution in [0, 0.1) is 11.2 Å². The van der Waals surface area contributed by atoms with Gasteiger partial charge in [-0.25, -0.2) is 17.9 Å². The standard InChI is InChI=1S/C13H19FN2O3S/c1-4-13(2,3)8-16-12(17)9-5-6-10(14)11(7-9)20(15,18)19/h5-7H,4,8H2,1-3H3,(H,16,17)(H2,15,18,19). The number of nitrogens with two attached hydrogens (primary N) is 1. The summed E-state index contributed by atoms with van der Waals surface area (Å²) < 4.78 is 35.8. The Morgan fingerprint density at radius 3 is 2.50 bits per heavy atom. The molecular formula is C13H19FN2O3S. The van der Waals surface area contributed by atoms with Crippen molar-refractivity contribution < 1.29 is 17.6 Å². The molecule has 0 aliphatic carbocycles. The molecule has 0 unspecified atom stereocenters. The third-order valence-corrected chi connectivity index (χ3v) is 4.11. The van der Waals surface area contributed by atoms with Gasteiger partial charge in [-0.05, 0) is 30.0 Å². The van der Waals surface area contributed by atoms with Crippen LogP contribution in [0.1, 0.15) is 37.6 Å². The molecule has 1 amide bonds. The summed E-state index contributed by atoms with van der Waals surface area (Å²) in [7, 11) is -4.19. The molecule has 0 heterocycles. The second kappa shape index (κ2) is 5.88. The quantitative estimate of drug-likeness (QED) is 0.866. The van der Waals surface area contributed by atoms with Crippen LogP contribution < -0.4 is 10.5 Å². The zero-order valence-corrected chi connectivity index (χ0v) is 12.6. The van der Waals surface area contributed by atoms with Crippen molar-refractivity contribution in [1.29, 1.82) is 0 Å². The van der Waals surface area contributed by atoms with Crippen molar-refractivity contribution in [3.63, 3.8) is 0 Å². The number of rotatable bonds is 5. The minimum Gasteiger partial charge on any atom is -0.352 e. The Kier molecular flexibility index (Phi) is 4.88. The summed E-state index contributed by atoms with van der Waals surface area (Å²) in [6.07, 6.45) is 0.874. The molecule has 1 aromatic rings. The average molecular weight is 302 g/mol. The topological polar surface area (TPSA) is 89.3 Å². The lowest BCUT2D eigenvalue weighted by Gasteiger charge is -2.22. The smallest absolute Gasteiger partial charge is 0.251 e. The Morgan fingerprint density at radius 1 is 1.40 bits per heavy atom. The van der Waals surface area contributed by atoms with Gasteiger partial charge in [0.1, 0.15) is 10.7 Å². The van der Waals surface area contributed by atoms with E-state index in [-0.39, 0.29) is 11.0 Å². The maximum absolute atomic E-state index is 13.4. The molecule has 0 saturated heterocycles. The number of sulfonamides is 1. The van der Waals surface area contributed by atoms with Crippen LogP contribution in [-0.2, 0) is 10.0 Å². The number of hydrogen-bond donors (Lipinski definition) is 2. The van der Waals surface area contributed by atoms with Gasteiger partial charge < -0.3 is 5.32 Å². The number of primary sulfonamides is 1. The van der Waals surface area contributed by atoms with E-state index in [1.165, 1.54) is 6.07 Å². The van der Waals surface area contributed by atoms with Crippen molar-refractivity contribution in [1.82, 2.24) is 5.32 Å². The largest absolute Gasteiger partial charge is 0.352 e. The van der Waals surface area contributed by atoms with Crippen LogP contribution in [0.3, 0.4) is 0 Å². The molecule has 1 aromatic carbocycles. The van der Waals surface area contributed by atoms with Gasteiger partial charge in [-0.15, -0.1) is 0 Å². The minimum absolute atomic E-state index is 0.0577. The van der Waals surface area contributed by atoms with E-state index in [0.717, 1.165) is 18.6 Å². The first-order valence-corrected chi connectivity index (χ1v) is 7.72. The molecule has 3 N–H and O–H groups in total. The number of carbonyl (C=O) groups excluding carboxylic acids is 1. The third-order valence-electron chi connectivity index (χ3n) is 3.18.